The van der Waals surface area contributed by atoms with Crippen LogP contribution in [-0.2, 0) is 0 Å². The van der Waals surface area contributed by atoms with E-state index >= 15 is 0 Å². The van der Waals surface area contributed by atoms with Crippen LogP contribution in [-0.4, -0.2) is 0 Å². The van der Waals surface area contributed by atoms with Crippen LogP contribution in [0.1, 0.15) is 0 Å². The predicted octanol–water partition coefficient (Wildman–Crippen LogP) is 13.0. The molecule has 0 saturated carbocycles. The van der Waals surface area contributed by atoms with Crippen LogP contribution in [0.4, 0.5) is 17.1 Å². The molecule has 47 heavy (non-hydrogen) atoms. The van der Waals surface area contributed by atoms with E-state index in [4.69, 9.17) is 0 Å². The standard InChI is InChI=1S/C46H33N/c1-3-12-34(13-4-1)35-24-26-36(27-25-35)37-28-30-43(31-29-37)47(42-19-5-2-6-20-42)44-21-10-17-40(33-44)39-16-9-18-41(32-39)46-23-11-15-38-14-7-8-22-45(38)46/h1-33H. The molecular weight excluding hydrogens is 567 g/mol. The summed E-state index contributed by atoms with van der Waals surface area (Å²) in [6.07, 6.45) is 0. The van der Waals surface area contributed by atoms with Gasteiger partial charge in [0.2, 0.25) is 0 Å². The molecule has 1 nitrogen and oxygen atoms in total. The molecule has 0 radical (unpaired) electrons. The van der Waals surface area contributed by atoms with E-state index in [9.17, 15) is 0 Å². The topological polar surface area (TPSA) is 3.24 Å². The summed E-state index contributed by atoms with van der Waals surface area (Å²) in [6.45, 7) is 0. The number of nitrogens with zero attached hydrogens (tertiary/aromatic N) is 1. The summed E-state index contributed by atoms with van der Waals surface area (Å²) >= 11 is 0. The summed E-state index contributed by atoms with van der Waals surface area (Å²) in [7, 11) is 0. The third-order valence-corrected chi connectivity index (χ3v) is 8.87. The van der Waals surface area contributed by atoms with E-state index in [1.54, 1.807) is 0 Å². The van der Waals surface area contributed by atoms with Crippen molar-refractivity contribution in [2.75, 3.05) is 4.90 Å². The summed E-state index contributed by atoms with van der Waals surface area (Å²) in [5, 5.41) is 2.53. The largest absolute Gasteiger partial charge is 0.310 e. The maximum Gasteiger partial charge on any atom is 0.0467 e. The van der Waals surface area contributed by atoms with Gasteiger partial charge < -0.3 is 4.90 Å². The summed E-state index contributed by atoms with van der Waals surface area (Å²) in [6, 6.07) is 71.8. The second-order valence-electron chi connectivity index (χ2n) is 11.8. The van der Waals surface area contributed by atoms with Crippen LogP contribution in [0.15, 0.2) is 200 Å². The lowest BCUT2D eigenvalue weighted by atomic mass is 9.95. The van der Waals surface area contributed by atoms with E-state index in [2.05, 4.69) is 205 Å². The minimum atomic E-state index is 1.11. The number of fused-ring (bicyclic) bond motifs is 1. The predicted molar refractivity (Wildman–Crippen MR) is 200 cm³/mol. The first kappa shape index (κ1) is 28.3. The fraction of sp³-hybridized carbons (Fsp3) is 0. The molecule has 0 bridgehead atoms. The quantitative estimate of drug-likeness (QED) is 0.176. The van der Waals surface area contributed by atoms with Gasteiger partial charge in [-0.25, -0.2) is 0 Å². The first-order valence-corrected chi connectivity index (χ1v) is 16.1. The van der Waals surface area contributed by atoms with Gasteiger partial charge in [0, 0.05) is 17.1 Å². The molecule has 0 spiro atoms. The van der Waals surface area contributed by atoms with Gasteiger partial charge >= 0.3 is 0 Å². The van der Waals surface area contributed by atoms with Gasteiger partial charge in [0.1, 0.15) is 0 Å². The van der Waals surface area contributed by atoms with Gasteiger partial charge in [-0.05, 0) is 97.7 Å². The van der Waals surface area contributed by atoms with Gasteiger partial charge in [0.05, 0.1) is 0 Å². The Bertz CT molecular complexity index is 2260. The Labute approximate surface area is 276 Å². The average Bonchev–Trinajstić information content (AvgIpc) is 3.16. The Kier molecular flexibility index (Phi) is 7.63. The minimum absolute atomic E-state index is 1.11. The molecule has 0 aliphatic heterocycles. The Balaban J connectivity index is 1.13. The maximum absolute atomic E-state index is 2.33. The molecule has 8 aromatic carbocycles. The van der Waals surface area contributed by atoms with E-state index in [1.807, 2.05) is 0 Å². The third-order valence-electron chi connectivity index (χ3n) is 8.87. The zero-order chi connectivity index (χ0) is 31.4. The van der Waals surface area contributed by atoms with Gasteiger partial charge in [0.15, 0.2) is 0 Å². The Morgan fingerprint density at radius 3 is 1.43 bits per heavy atom. The molecule has 0 fully saturated rings. The summed E-state index contributed by atoms with van der Waals surface area (Å²) in [5.74, 6) is 0. The van der Waals surface area contributed by atoms with Gasteiger partial charge in [-0.1, -0.05) is 158 Å². The summed E-state index contributed by atoms with van der Waals surface area (Å²) < 4.78 is 0. The van der Waals surface area contributed by atoms with Crippen LogP contribution >= 0.6 is 0 Å². The molecule has 222 valence electrons. The van der Waals surface area contributed by atoms with Gasteiger partial charge in [-0.3, -0.25) is 0 Å². The zero-order valence-corrected chi connectivity index (χ0v) is 26.0. The number of rotatable bonds is 7. The third kappa shape index (κ3) is 5.83. The van der Waals surface area contributed by atoms with Crippen molar-refractivity contribution < 1.29 is 0 Å². The van der Waals surface area contributed by atoms with Gasteiger partial charge in [-0.2, -0.15) is 0 Å². The van der Waals surface area contributed by atoms with Crippen LogP contribution in [0.5, 0.6) is 0 Å². The lowest BCUT2D eigenvalue weighted by molar-refractivity contribution is 1.28. The normalized spacial score (nSPS) is 11.0. The number of benzene rings is 8. The molecule has 0 aliphatic carbocycles. The first-order valence-electron chi connectivity index (χ1n) is 16.1. The number of anilines is 3. The highest BCUT2D eigenvalue weighted by atomic mass is 15.1. The number of para-hydroxylation sites is 1. The van der Waals surface area contributed by atoms with Crippen LogP contribution < -0.4 is 4.90 Å². The minimum Gasteiger partial charge on any atom is -0.310 e. The fourth-order valence-electron chi connectivity index (χ4n) is 6.48. The van der Waals surface area contributed by atoms with Crippen molar-refractivity contribution in [2.24, 2.45) is 0 Å². The van der Waals surface area contributed by atoms with Crippen molar-refractivity contribution in [1.82, 2.24) is 0 Å². The highest BCUT2D eigenvalue weighted by Gasteiger charge is 2.14. The van der Waals surface area contributed by atoms with Crippen LogP contribution in [0.3, 0.4) is 0 Å². The van der Waals surface area contributed by atoms with Crippen molar-refractivity contribution in [3.63, 3.8) is 0 Å². The van der Waals surface area contributed by atoms with E-state index in [0.717, 1.165) is 17.1 Å². The van der Waals surface area contributed by atoms with Crippen molar-refractivity contribution in [1.29, 1.82) is 0 Å². The molecular formula is C46H33N. The summed E-state index contributed by atoms with van der Waals surface area (Å²) in [4.78, 5) is 2.33. The van der Waals surface area contributed by atoms with Crippen LogP contribution in [0.2, 0.25) is 0 Å². The van der Waals surface area contributed by atoms with Crippen LogP contribution in [0, 0.1) is 0 Å². The lowest BCUT2D eigenvalue weighted by Gasteiger charge is -2.26. The fourth-order valence-corrected chi connectivity index (χ4v) is 6.48. The molecule has 8 rings (SSSR count). The van der Waals surface area contributed by atoms with Gasteiger partial charge in [-0.15, -0.1) is 0 Å². The molecule has 0 aromatic heterocycles. The Hall–Kier alpha value is -6.18. The molecule has 0 N–H and O–H groups in total. The molecule has 0 heterocycles. The highest BCUT2D eigenvalue weighted by molar-refractivity contribution is 5.97. The molecule has 0 atom stereocenters. The molecule has 8 aromatic rings. The van der Waals surface area contributed by atoms with E-state index in [-0.39, 0.29) is 0 Å². The molecule has 0 unspecified atom stereocenters. The van der Waals surface area contributed by atoms with Gasteiger partial charge in [0.25, 0.3) is 0 Å². The van der Waals surface area contributed by atoms with E-state index in [0.29, 0.717) is 0 Å². The summed E-state index contributed by atoms with van der Waals surface area (Å²) in [5.41, 5.74) is 13.1. The molecule has 0 aliphatic rings. The molecule has 0 amide bonds. The second-order valence-corrected chi connectivity index (χ2v) is 11.8. The molecule has 0 saturated heterocycles. The highest BCUT2D eigenvalue weighted by Crippen LogP contribution is 2.38. The smallest absolute Gasteiger partial charge is 0.0467 e. The van der Waals surface area contributed by atoms with Crippen molar-refractivity contribution >= 4 is 27.8 Å². The van der Waals surface area contributed by atoms with Crippen molar-refractivity contribution in [3.8, 4) is 44.5 Å². The maximum atomic E-state index is 2.33. The first-order chi connectivity index (χ1) is 23.3. The number of hydrogen-bond donors (Lipinski definition) is 0. The monoisotopic (exact) mass is 599 g/mol. The SMILES string of the molecule is c1ccc(-c2ccc(-c3ccc(N(c4ccccc4)c4cccc(-c5cccc(-c6cccc7ccccc67)c5)c4)cc3)cc2)cc1. The molecule has 1 heteroatoms. The number of hydrogen-bond acceptors (Lipinski definition) is 1. The Morgan fingerprint density at radius 2 is 0.702 bits per heavy atom. The second kappa shape index (κ2) is 12.7. The van der Waals surface area contributed by atoms with Crippen molar-refractivity contribution in [3.05, 3.63) is 200 Å². The van der Waals surface area contributed by atoms with E-state index in [1.165, 1.54) is 55.3 Å². The average molecular weight is 600 g/mol. The lowest BCUT2D eigenvalue weighted by Crippen LogP contribution is -2.09. The van der Waals surface area contributed by atoms with Crippen LogP contribution in [0.25, 0.3) is 55.3 Å². The van der Waals surface area contributed by atoms with E-state index < -0.39 is 0 Å². The Morgan fingerprint density at radius 1 is 0.255 bits per heavy atom. The zero-order valence-electron chi connectivity index (χ0n) is 26.0. The van der Waals surface area contributed by atoms with Crippen molar-refractivity contribution in [2.45, 2.75) is 0 Å².